The molecule has 1 heteroatoms. The smallest absolute Gasteiger partial charge is 0.0551 e. The summed E-state index contributed by atoms with van der Waals surface area (Å²) < 4.78 is 0. The van der Waals surface area contributed by atoms with Gasteiger partial charge in [-0.15, -0.1) is 0 Å². The Morgan fingerprint density at radius 1 is 0.567 bits per heavy atom. The van der Waals surface area contributed by atoms with Gasteiger partial charge in [-0.1, -0.05) is 86.6 Å². The topological polar surface area (TPSA) is 15.8 Å². The van der Waals surface area contributed by atoms with Crippen LogP contribution in [0.5, 0.6) is 0 Å². The number of hydrogen-bond acceptors (Lipinski definition) is 0. The molecule has 1 aliphatic carbocycles. The van der Waals surface area contributed by atoms with E-state index in [9.17, 15) is 0 Å². The van der Waals surface area contributed by atoms with Crippen LogP contribution in [0.3, 0.4) is 0 Å². The number of H-pyrrole nitrogens is 1. The maximum Gasteiger partial charge on any atom is 0.0551 e. The minimum Gasteiger partial charge on any atom is -0.354 e. The highest BCUT2D eigenvalue weighted by Crippen LogP contribution is 2.51. The third-order valence-corrected chi connectivity index (χ3v) is 7.18. The highest BCUT2D eigenvalue weighted by atomic mass is 14.7. The highest BCUT2D eigenvalue weighted by Gasteiger charge is 2.35. The summed E-state index contributed by atoms with van der Waals surface area (Å²) in [7, 11) is 0. The van der Waals surface area contributed by atoms with Crippen molar-refractivity contribution in [3.05, 3.63) is 96.1 Å². The summed E-state index contributed by atoms with van der Waals surface area (Å²) in [5.74, 6) is 0. The molecule has 6 aromatic rings. The first-order valence-electron chi connectivity index (χ1n) is 10.6. The van der Waals surface area contributed by atoms with Crippen molar-refractivity contribution in [1.82, 2.24) is 4.98 Å². The molecule has 0 amide bonds. The van der Waals surface area contributed by atoms with E-state index in [1.807, 2.05) is 0 Å². The Kier molecular flexibility index (Phi) is 2.88. The van der Waals surface area contributed by atoms with Crippen LogP contribution in [0.2, 0.25) is 0 Å². The van der Waals surface area contributed by atoms with Crippen LogP contribution in [0, 0.1) is 0 Å². The first-order valence-corrected chi connectivity index (χ1v) is 10.6. The maximum atomic E-state index is 3.80. The summed E-state index contributed by atoms with van der Waals surface area (Å²) >= 11 is 0. The van der Waals surface area contributed by atoms with Gasteiger partial charge in [0.2, 0.25) is 0 Å². The van der Waals surface area contributed by atoms with Crippen molar-refractivity contribution in [3.8, 4) is 11.1 Å². The molecule has 0 saturated heterocycles. The Morgan fingerprint density at radius 3 is 2.00 bits per heavy atom. The van der Waals surface area contributed by atoms with Crippen LogP contribution in [-0.4, -0.2) is 4.98 Å². The van der Waals surface area contributed by atoms with Crippen molar-refractivity contribution in [1.29, 1.82) is 0 Å². The zero-order valence-electron chi connectivity index (χ0n) is 17.1. The van der Waals surface area contributed by atoms with Gasteiger partial charge in [-0.3, -0.25) is 0 Å². The van der Waals surface area contributed by atoms with Crippen molar-refractivity contribution in [2.24, 2.45) is 0 Å². The fraction of sp³-hybridized carbons (Fsp3) is 0.103. The molecule has 0 bridgehead atoms. The van der Waals surface area contributed by atoms with Crippen molar-refractivity contribution in [2.75, 3.05) is 0 Å². The van der Waals surface area contributed by atoms with E-state index in [4.69, 9.17) is 0 Å². The summed E-state index contributed by atoms with van der Waals surface area (Å²) in [6.45, 7) is 4.71. The molecule has 0 fully saturated rings. The van der Waals surface area contributed by atoms with Crippen LogP contribution in [0.1, 0.15) is 25.0 Å². The predicted octanol–water partition coefficient (Wildman–Crippen LogP) is 7.93. The summed E-state index contributed by atoms with van der Waals surface area (Å²) in [4.78, 5) is 3.80. The summed E-state index contributed by atoms with van der Waals surface area (Å²) in [5, 5.41) is 7.92. The van der Waals surface area contributed by atoms with Crippen LogP contribution < -0.4 is 0 Å². The average Bonchev–Trinajstić information content (AvgIpc) is 3.27. The summed E-state index contributed by atoms with van der Waals surface area (Å²) in [5.41, 5.74) is 8.06. The van der Waals surface area contributed by atoms with Gasteiger partial charge in [-0.25, -0.2) is 0 Å². The normalized spacial score (nSPS) is 14.6. The van der Waals surface area contributed by atoms with Crippen LogP contribution in [0.4, 0.5) is 0 Å². The monoisotopic (exact) mass is 383 g/mol. The summed E-state index contributed by atoms with van der Waals surface area (Å²) in [6, 6.07) is 31.3. The molecule has 0 atom stereocenters. The second kappa shape index (κ2) is 5.31. The largest absolute Gasteiger partial charge is 0.354 e. The van der Waals surface area contributed by atoms with Crippen molar-refractivity contribution in [2.45, 2.75) is 19.3 Å². The van der Waals surface area contributed by atoms with Crippen LogP contribution in [0.15, 0.2) is 84.9 Å². The van der Waals surface area contributed by atoms with E-state index in [2.05, 4.69) is 104 Å². The first-order chi connectivity index (χ1) is 14.6. The number of benzene rings is 5. The van der Waals surface area contributed by atoms with Crippen LogP contribution in [0.25, 0.3) is 54.5 Å². The number of aromatic nitrogens is 1. The Bertz CT molecular complexity index is 1660. The lowest BCUT2D eigenvalue weighted by Crippen LogP contribution is -2.14. The number of fused-ring (bicyclic) bond motifs is 11. The molecule has 30 heavy (non-hydrogen) atoms. The Morgan fingerprint density at radius 2 is 1.20 bits per heavy atom. The third kappa shape index (κ3) is 1.84. The Labute approximate surface area is 175 Å². The van der Waals surface area contributed by atoms with Crippen LogP contribution in [-0.2, 0) is 5.41 Å². The molecule has 5 aromatic carbocycles. The third-order valence-electron chi connectivity index (χ3n) is 7.18. The standard InChI is InChI=1S/C29H21N/c1-29(2)24-14-8-7-11-19(24)22-16-26-23(15-25(22)29)27-20-12-5-3-9-17(20)18-10-4-6-13-21(18)28(27)30-26/h3-16,30H,1-2H3. The average molecular weight is 383 g/mol. The van der Waals surface area contributed by atoms with E-state index in [0.717, 1.165) is 0 Å². The van der Waals surface area contributed by atoms with E-state index in [0.29, 0.717) is 0 Å². The van der Waals surface area contributed by atoms with Gasteiger partial charge in [-0.05, 0) is 50.5 Å². The molecule has 0 saturated carbocycles. The molecule has 0 aliphatic heterocycles. The van der Waals surface area contributed by atoms with E-state index in [1.165, 1.54) is 65.6 Å². The van der Waals surface area contributed by atoms with Crippen LogP contribution >= 0.6 is 0 Å². The predicted molar refractivity (Wildman–Crippen MR) is 128 cm³/mol. The number of rotatable bonds is 0. The quantitative estimate of drug-likeness (QED) is 0.256. The van der Waals surface area contributed by atoms with Crippen molar-refractivity contribution >= 4 is 43.4 Å². The van der Waals surface area contributed by atoms with E-state index >= 15 is 0 Å². The highest BCUT2D eigenvalue weighted by molar-refractivity contribution is 6.31. The summed E-state index contributed by atoms with van der Waals surface area (Å²) in [6.07, 6.45) is 0. The van der Waals surface area contributed by atoms with Gasteiger partial charge in [0.25, 0.3) is 0 Å². The molecule has 142 valence electrons. The second-order valence-electron chi connectivity index (χ2n) is 9.08. The lowest BCUT2D eigenvalue weighted by Gasteiger charge is -2.21. The van der Waals surface area contributed by atoms with Gasteiger partial charge in [0, 0.05) is 27.1 Å². The number of nitrogens with one attached hydrogen (secondary N) is 1. The zero-order valence-corrected chi connectivity index (χ0v) is 17.1. The number of aromatic amines is 1. The van der Waals surface area contributed by atoms with E-state index in [1.54, 1.807) is 0 Å². The molecule has 0 unspecified atom stereocenters. The van der Waals surface area contributed by atoms with Crippen molar-refractivity contribution < 1.29 is 0 Å². The second-order valence-corrected chi connectivity index (χ2v) is 9.08. The molecular formula is C29H21N. The fourth-order valence-electron chi connectivity index (χ4n) is 5.74. The molecule has 0 spiro atoms. The van der Waals surface area contributed by atoms with Gasteiger partial charge >= 0.3 is 0 Å². The van der Waals surface area contributed by atoms with Gasteiger partial charge in [0.15, 0.2) is 0 Å². The van der Waals surface area contributed by atoms with Gasteiger partial charge < -0.3 is 4.98 Å². The van der Waals surface area contributed by atoms with Gasteiger partial charge in [-0.2, -0.15) is 0 Å². The lowest BCUT2D eigenvalue weighted by molar-refractivity contribution is 0.661. The first kappa shape index (κ1) is 16.2. The number of hydrogen-bond donors (Lipinski definition) is 1. The minimum absolute atomic E-state index is 0.0103. The van der Waals surface area contributed by atoms with E-state index < -0.39 is 0 Å². The van der Waals surface area contributed by atoms with E-state index in [-0.39, 0.29) is 5.41 Å². The molecule has 1 N–H and O–H groups in total. The van der Waals surface area contributed by atoms with Gasteiger partial charge in [0.1, 0.15) is 0 Å². The van der Waals surface area contributed by atoms with Crippen molar-refractivity contribution in [3.63, 3.8) is 0 Å². The molecule has 0 radical (unpaired) electrons. The maximum absolute atomic E-state index is 3.80. The molecular weight excluding hydrogens is 362 g/mol. The Hall–Kier alpha value is -3.58. The molecule has 1 nitrogen and oxygen atoms in total. The van der Waals surface area contributed by atoms with Gasteiger partial charge in [0.05, 0.1) is 5.52 Å². The minimum atomic E-state index is 0.0103. The molecule has 1 heterocycles. The SMILES string of the molecule is CC1(C)c2ccccc2-c2cc3[nH]c4c5ccccc5c5ccccc5c4c3cc21. The Balaban J connectivity index is 1.72. The molecule has 1 aliphatic rings. The fourth-order valence-corrected chi connectivity index (χ4v) is 5.74. The zero-order chi connectivity index (χ0) is 20.0. The lowest BCUT2D eigenvalue weighted by atomic mass is 9.82. The molecule has 7 rings (SSSR count). The molecule has 1 aromatic heterocycles.